The van der Waals surface area contributed by atoms with Crippen LogP contribution in [0.5, 0.6) is 0 Å². The molecule has 110 valence electrons. The van der Waals surface area contributed by atoms with Crippen LogP contribution in [0, 0.1) is 5.92 Å². The summed E-state index contributed by atoms with van der Waals surface area (Å²) in [5, 5.41) is 4.32. The molecule has 0 amide bonds. The maximum absolute atomic E-state index is 5.98. The minimum absolute atomic E-state index is 0.717. The van der Waals surface area contributed by atoms with Gasteiger partial charge in [0.05, 0.1) is 0 Å². The van der Waals surface area contributed by atoms with Crippen molar-refractivity contribution in [2.24, 2.45) is 5.92 Å². The summed E-state index contributed by atoms with van der Waals surface area (Å²) in [5.74, 6) is 0.835. The fraction of sp³-hybridized carbons (Fsp3) is 0.647. The van der Waals surface area contributed by atoms with Crippen LogP contribution in [0.1, 0.15) is 31.7 Å². The molecule has 0 aliphatic carbocycles. The Hall–Kier alpha value is -0.570. The van der Waals surface area contributed by atoms with E-state index in [1.165, 1.54) is 50.9 Å². The molecule has 2 saturated heterocycles. The highest BCUT2D eigenvalue weighted by Crippen LogP contribution is 2.30. The molecular weight excluding hydrogens is 268 g/mol. The van der Waals surface area contributed by atoms with Gasteiger partial charge in [0.1, 0.15) is 0 Å². The van der Waals surface area contributed by atoms with Gasteiger partial charge in [-0.1, -0.05) is 30.7 Å². The fourth-order valence-corrected chi connectivity index (χ4v) is 3.99. The lowest BCUT2D eigenvalue weighted by atomic mass is 9.98. The first-order valence-corrected chi connectivity index (χ1v) is 8.31. The van der Waals surface area contributed by atoms with E-state index in [0.29, 0.717) is 6.04 Å². The number of nitrogens with zero attached hydrogens (tertiary/aromatic N) is 1. The molecule has 0 aromatic heterocycles. The Bertz CT molecular complexity index is 425. The predicted octanol–water partition coefficient (Wildman–Crippen LogP) is 3.34. The summed E-state index contributed by atoms with van der Waals surface area (Å²) in [4.78, 5) is 2.79. The van der Waals surface area contributed by atoms with Gasteiger partial charge in [-0.2, -0.15) is 0 Å². The number of likely N-dealkylation sites (tertiary alicyclic amines) is 1. The van der Waals surface area contributed by atoms with Crippen LogP contribution in [0.4, 0.5) is 0 Å². The van der Waals surface area contributed by atoms with Gasteiger partial charge in [-0.15, -0.1) is 0 Å². The van der Waals surface area contributed by atoms with Crippen molar-refractivity contribution in [3.05, 3.63) is 34.9 Å². The Kier molecular flexibility index (Phi) is 4.65. The van der Waals surface area contributed by atoms with Crippen LogP contribution >= 0.6 is 11.6 Å². The molecule has 1 aromatic rings. The summed E-state index contributed by atoms with van der Waals surface area (Å²) in [6, 6.07) is 9.92. The number of hydrogen-bond donors (Lipinski definition) is 1. The van der Waals surface area contributed by atoms with Crippen molar-refractivity contribution in [1.29, 1.82) is 0 Å². The second kappa shape index (κ2) is 6.46. The van der Waals surface area contributed by atoms with E-state index in [-0.39, 0.29) is 0 Å². The molecule has 1 unspecified atom stereocenters. The van der Waals surface area contributed by atoms with E-state index in [0.717, 1.165) is 17.0 Å². The minimum Gasteiger partial charge on any atom is -0.317 e. The van der Waals surface area contributed by atoms with Gasteiger partial charge in [0.2, 0.25) is 0 Å². The Balaban J connectivity index is 1.67. The van der Waals surface area contributed by atoms with Crippen molar-refractivity contribution in [1.82, 2.24) is 10.2 Å². The first kappa shape index (κ1) is 14.4. The molecule has 2 nitrogen and oxygen atoms in total. The van der Waals surface area contributed by atoms with Crippen molar-refractivity contribution < 1.29 is 0 Å². The topological polar surface area (TPSA) is 15.3 Å². The smallest absolute Gasteiger partial charge is 0.0406 e. The maximum atomic E-state index is 5.98. The van der Waals surface area contributed by atoms with E-state index in [1.54, 1.807) is 0 Å². The number of hydrogen-bond acceptors (Lipinski definition) is 2. The van der Waals surface area contributed by atoms with Crippen molar-refractivity contribution in [3.8, 4) is 0 Å². The number of nitrogens with one attached hydrogen (secondary N) is 1. The third-order valence-corrected chi connectivity index (χ3v) is 5.08. The standard InChI is InChI=1S/C17H25ClN2/c1-13-10-17(11-14-2-4-15(18)5-3-14)20(12-13)16-6-8-19-9-7-16/h2-5,13,16-17,19H,6-12H2,1H3/t13?,17-/m0/s1. The van der Waals surface area contributed by atoms with Crippen LogP contribution in [-0.4, -0.2) is 36.6 Å². The molecule has 2 heterocycles. The van der Waals surface area contributed by atoms with E-state index in [9.17, 15) is 0 Å². The molecule has 0 spiro atoms. The van der Waals surface area contributed by atoms with Crippen LogP contribution in [-0.2, 0) is 6.42 Å². The number of benzene rings is 1. The SMILES string of the molecule is CC1C[C@@H](Cc2ccc(Cl)cc2)N(C2CCNCC2)C1. The van der Waals surface area contributed by atoms with Gasteiger partial charge in [0.15, 0.2) is 0 Å². The Morgan fingerprint density at radius 2 is 1.90 bits per heavy atom. The van der Waals surface area contributed by atoms with Gasteiger partial charge >= 0.3 is 0 Å². The molecule has 0 bridgehead atoms. The monoisotopic (exact) mass is 292 g/mol. The van der Waals surface area contributed by atoms with Crippen molar-refractivity contribution in [2.45, 2.75) is 44.7 Å². The summed E-state index contributed by atoms with van der Waals surface area (Å²) in [5.41, 5.74) is 1.42. The first-order valence-electron chi connectivity index (χ1n) is 7.93. The second-order valence-electron chi connectivity index (χ2n) is 6.50. The predicted molar refractivity (Wildman–Crippen MR) is 85.3 cm³/mol. The van der Waals surface area contributed by atoms with E-state index in [1.807, 2.05) is 12.1 Å². The lowest BCUT2D eigenvalue weighted by Gasteiger charge is -2.36. The van der Waals surface area contributed by atoms with Gasteiger partial charge in [-0.25, -0.2) is 0 Å². The normalized spacial score (nSPS) is 28.9. The number of rotatable bonds is 3. The molecule has 1 aromatic carbocycles. The van der Waals surface area contributed by atoms with Crippen molar-refractivity contribution >= 4 is 11.6 Å². The van der Waals surface area contributed by atoms with Gasteiger partial charge in [0, 0.05) is 23.7 Å². The second-order valence-corrected chi connectivity index (χ2v) is 6.94. The molecule has 20 heavy (non-hydrogen) atoms. The molecular formula is C17H25ClN2. The molecule has 0 radical (unpaired) electrons. The average molecular weight is 293 g/mol. The third-order valence-electron chi connectivity index (χ3n) is 4.83. The molecule has 2 aliphatic rings. The summed E-state index contributed by atoms with van der Waals surface area (Å²) >= 11 is 5.98. The molecule has 3 heteroatoms. The highest BCUT2D eigenvalue weighted by molar-refractivity contribution is 6.30. The minimum atomic E-state index is 0.717. The van der Waals surface area contributed by atoms with E-state index >= 15 is 0 Å². The zero-order chi connectivity index (χ0) is 13.9. The highest BCUT2D eigenvalue weighted by Gasteiger charge is 2.34. The van der Waals surface area contributed by atoms with E-state index < -0.39 is 0 Å². The van der Waals surface area contributed by atoms with E-state index in [2.05, 4.69) is 29.3 Å². The van der Waals surface area contributed by atoms with Gasteiger partial charge in [-0.3, -0.25) is 4.90 Å². The number of piperidine rings is 1. The van der Waals surface area contributed by atoms with Gasteiger partial charge < -0.3 is 5.32 Å². The van der Waals surface area contributed by atoms with E-state index in [4.69, 9.17) is 11.6 Å². The molecule has 0 saturated carbocycles. The van der Waals surface area contributed by atoms with Crippen LogP contribution in [0.2, 0.25) is 5.02 Å². The quantitative estimate of drug-likeness (QED) is 0.919. The molecule has 3 rings (SSSR count). The fourth-order valence-electron chi connectivity index (χ4n) is 3.86. The largest absolute Gasteiger partial charge is 0.317 e. The number of halogens is 1. The third kappa shape index (κ3) is 3.36. The highest BCUT2D eigenvalue weighted by atomic mass is 35.5. The van der Waals surface area contributed by atoms with Gasteiger partial charge in [-0.05, 0) is 62.4 Å². The zero-order valence-corrected chi connectivity index (χ0v) is 13.1. The first-order chi connectivity index (χ1) is 9.72. The van der Waals surface area contributed by atoms with Gasteiger partial charge in [0.25, 0.3) is 0 Å². The lowest BCUT2D eigenvalue weighted by molar-refractivity contribution is 0.145. The lowest BCUT2D eigenvalue weighted by Crippen LogP contribution is -2.46. The van der Waals surface area contributed by atoms with Crippen LogP contribution < -0.4 is 5.32 Å². The summed E-state index contributed by atoms with van der Waals surface area (Å²) in [7, 11) is 0. The molecule has 1 N–H and O–H groups in total. The van der Waals surface area contributed by atoms with Crippen molar-refractivity contribution in [2.75, 3.05) is 19.6 Å². The Morgan fingerprint density at radius 3 is 2.60 bits per heavy atom. The Morgan fingerprint density at radius 1 is 1.20 bits per heavy atom. The zero-order valence-electron chi connectivity index (χ0n) is 12.3. The summed E-state index contributed by atoms with van der Waals surface area (Å²) in [6.45, 7) is 6.05. The maximum Gasteiger partial charge on any atom is 0.0406 e. The summed E-state index contributed by atoms with van der Waals surface area (Å²) < 4.78 is 0. The molecule has 2 atom stereocenters. The Labute approximate surface area is 127 Å². The van der Waals surface area contributed by atoms with Crippen LogP contribution in [0.15, 0.2) is 24.3 Å². The summed E-state index contributed by atoms with van der Waals surface area (Å²) in [6.07, 6.45) is 5.13. The van der Waals surface area contributed by atoms with Crippen molar-refractivity contribution in [3.63, 3.8) is 0 Å². The molecule has 2 fully saturated rings. The van der Waals surface area contributed by atoms with Crippen LogP contribution in [0.3, 0.4) is 0 Å². The van der Waals surface area contributed by atoms with Crippen LogP contribution in [0.25, 0.3) is 0 Å². The molecule has 2 aliphatic heterocycles. The average Bonchev–Trinajstić information content (AvgIpc) is 2.83.